The molecule has 27 heavy (non-hydrogen) atoms. The summed E-state index contributed by atoms with van der Waals surface area (Å²) in [5, 5.41) is 4.11. The maximum Gasteiger partial charge on any atom is 0.246 e. The summed E-state index contributed by atoms with van der Waals surface area (Å²) in [6.45, 7) is 9.07. The first-order chi connectivity index (χ1) is 12.7. The molecule has 4 rings (SSSR count). The molecule has 0 radical (unpaired) electrons. The summed E-state index contributed by atoms with van der Waals surface area (Å²) in [4.78, 5) is 7.56. The Labute approximate surface area is 163 Å². The first kappa shape index (κ1) is 18.6. The number of hydrogen-bond acceptors (Lipinski definition) is 5. The fraction of sp³-hybridized carbons (Fsp3) is 0.556. The van der Waals surface area contributed by atoms with Crippen molar-refractivity contribution in [3.8, 4) is 0 Å². The molecule has 1 saturated heterocycles. The molecule has 1 unspecified atom stereocenters. The summed E-state index contributed by atoms with van der Waals surface area (Å²) < 4.78 is 31.8. The smallest absolute Gasteiger partial charge is 0.246 e. The number of imidazole rings is 1. The lowest BCUT2D eigenvalue weighted by Crippen LogP contribution is -2.39. The van der Waals surface area contributed by atoms with Gasteiger partial charge < -0.3 is 0 Å². The van der Waals surface area contributed by atoms with Crippen LogP contribution in [0.5, 0.6) is 0 Å². The predicted molar refractivity (Wildman–Crippen MR) is 106 cm³/mol. The minimum absolute atomic E-state index is 0.117. The van der Waals surface area contributed by atoms with Crippen molar-refractivity contribution < 1.29 is 8.42 Å². The van der Waals surface area contributed by atoms with Gasteiger partial charge in [-0.2, -0.15) is 9.40 Å². The highest BCUT2D eigenvalue weighted by molar-refractivity contribution is 7.89. The number of fused-ring (bicyclic) bond motifs is 1. The van der Waals surface area contributed by atoms with Crippen molar-refractivity contribution in [3.05, 3.63) is 34.0 Å². The van der Waals surface area contributed by atoms with Crippen LogP contribution in [0.2, 0.25) is 0 Å². The van der Waals surface area contributed by atoms with Gasteiger partial charge in [0.15, 0.2) is 0 Å². The minimum atomic E-state index is -3.54. The van der Waals surface area contributed by atoms with Gasteiger partial charge in [0, 0.05) is 36.6 Å². The number of piperidine rings is 1. The third-order valence-electron chi connectivity index (χ3n) is 5.70. The second-order valence-electron chi connectivity index (χ2n) is 7.35. The summed E-state index contributed by atoms with van der Waals surface area (Å²) in [5.74, 6) is 1.09. The van der Waals surface area contributed by atoms with Crippen molar-refractivity contribution in [1.82, 2.24) is 23.5 Å². The van der Waals surface area contributed by atoms with E-state index in [4.69, 9.17) is 4.98 Å². The molecule has 1 aliphatic heterocycles. The maximum atomic E-state index is 13.2. The Morgan fingerprint density at radius 3 is 2.59 bits per heavy atom. The number of nitrogens with zero attached hydrogens (tertiary/aromatic N) is 5. The number of aryl methyl sites for hydroxylation is 4. The van der Waals surface area contributed by atoms with Gasteiger partial charge in [0.1, 0.15) is 15.6 Å². The van der Waals surface area contributed by atoms with Crippen molar-refractivity contribution >= 4 is 26.2 Å². The van der Waals surface area contributed by atoms with Crippen LogP contribution in [-0.2, 0) is 17.1 Å². The lowest BCUT2D eigenvalue weighted by atomic mass is 9.97. The van der Waals surface area contributed by atoms with Crippen LogP contribution in [0.3, 0.4) is 0 Å². The third-order valence-corrected chi connectivity index (χ3v) is 8.86. The fourth-order valence-corrected chi connectivity index (χ4v) is 6.84. The lowest BCUT2D eigenvalue weighted by molar-refractivity contribution is 0.314. The van der Waals surface area contributed by atoms with Gasteiger partial charge in [0.2, 0.25) is 10.0 Å². The molecule has 0 spiro atoms. The van der Waals surface area contributed by atoms with Crippen LogP contribution in [0.1, 0.15) is 46.5 Å². The van der Waals surface area contributed by atoms with E-state index in [-0.39, 0.29) is 5.92 Å². The molecule has 0 amide bonds. The Morgan fingerprint density at radius 2 is 1.93 bits per heavy atom. The van der Waals surface area contributed by atoms with E-state index in [9.17, 15) is 8.42 Å². The van der Waals surface area contributed by atoms with Crippen molar-refractivity contribution in [3.63, 3.8) is 0 Å². The zero-order valence-electron chi connectivity index (χ0n) is 16.4. The quantitative estimate of drug-likeness (QED) is 0.669. The first-order valence-corrected chi connectivity index (χ1v) is 11.4. The molecular formula is C18H25N5O2S2. The van der Waals surface area contributed by atoms with Crippen molar-refractivity contribution in [2.75, 3.05) is 13.1 Å². The summed E-state index contributed by atoms with van der Waals surface area (Å²) in [5.41, 5.74) is 2.93. The van der Waals surface area contributed by atoms with Crippen molar-refractivity contribution in [2.24, 2.45) is 7.05 Å². The molecule has 0 aliphatic carbocycles. The van der Waals surface area contributed by atoms with Gasteiger partial charge in [-0.3, -0.25) is 9.08 Å². The standard InChI is InChI=1S/C18H25N5O2S2/c1-11-13(3)26-18-17(20-14(4)23(11)18)15-7-6-8-22(10-15)27(24,25)16-9-19-21(5)12(16)2/h9,15H,6-8,10H2,1-5H3. The molecule has 9 heteroatoms. The Hall–Kier alpha value is -1.71. The second kappa shape index (κ2) is 6.42. The van der Waals surface area contributed by atoms with E-state index in [1.807, 2.05) is 6.92 Å². The van der Waals surface area contributed by atoms with Crippen LogP contribution in [-0.4, -0.2) is 45.0 Å². The number of hydrogen-bond donors (Lipinski definition) is 0. The number of thiazole rings is 1. The first-order valence-electron chi connectivity index (χ1n) is 9.15. The van der Waals surface area contributed by atoms with Gasteiger partial charge in [-0.25, -0.2) is 13.4 Å². The number of aromatic nitrogens is 4. The summed E-state index contributed by atoms with van der Waals surface area (Å²) >= 11 is 1.75. The lowest BCUT2D eigenvalue weighted by Gasteiger charge is -2.31. The van der Waals surface area contributed by atoms with Crippen molar-refractivity contribution in [1.29, 1.82) is 0 Å². The van der Waals surface area contributed by atoms with E-state index >= 15 is 0 Å². The summed E-state index contributed by atoms with van der Waals surface area (Å²) in [7, 11) is -1.78. The molecule has 4 heterocycles. The molecule has 1 fully saturated rings. The average molecular weight is 408 g/mol. The molecule has 146 valence electrons. The third kappa shape index (κ3) is 2.83. The zero-order chi connectivity index (χ0) is 19.5. The summed E-state index contributed by atoms with van der Waals surface area (Å²) in [6, 6.07) is 0. The zero-order valence-corrected chi connectivity index (χ0v) is 18.0. The van der Waals surface area contributed by atoms with Gasteiger partial charge in [-0.05, 0) is 40.5 Å². The molecule has 7 nitrogen and oxygen atoms in total. The Balaban J connectivity index is 1.70. The minimum Gasteiger partial charge on any atom is -0.291 e. The van der Waals surface area contributed by atoms with E-state index in [0.717, 1.165) is 29.2 Å². The van der Waals surface area contributed by atoms with Crippen LogP contribution in [0.25, 0.3) is 4.83 Å². The molecule has 0 aromatic carbocycles. The number of rotatable bonds is 3. The highest BCUT2D eigenvalue weighted by Crippen LogP contribution is 2.36. The Morgan fingerprint density at radius 1 is 1.19 bits per heavy atom. The van der Waals surface area contributed by atoms with Crippen LogP contribution >= 0.6 is 11.3 Å². The van der Waals surface area contributed by atoms with E-state index in [1.54, 1.807) is 34.3 Å². The van der Waals surface area contributed by atoms with E-state index in [0.29, 0.717) is 23.7 Å². The van der Waals surface area contributed by atoms with Crippen molar-refractivity contribution in [2.45, 2.75) is 51.3 Å². The van der Waals surface area contributed by atoms with Gasteiger partial charge in [0.05, 0.1) is 17.6 Å². The van der Waals surface area contributed by atoms with E-state index in [2.05, 4.69) is 23.3 Å². The molecular weight excluding hydrogens is 382 g/mol. The molecule has 0 N–H and O–H groups in total. The SMILES string of the molecule is Cc1sc2c(C3CCCN(S(=O)(=O)c4cnn(C)c4C)C3)nc(C)n2c1C. The molecule has 3 aromatic rings. The maximum absolute atomic E-state index is 13.2. The monoisotopic (exact) mass is 407 g/mol. The normalized spacial score (nSPS) is 19.2. The van der Waals surface area contributed by atoms with Crippen LogP contribution in [0.15, 0.2) is 11.1 Å². The second-order valence-corrected chi connectivity index (χ2v) is 10.5. The fourth-order valence-electron chi connectivity index (χ4n) is 3.92. The highest BCUT2D eigenvalue weighted by Gasteiger charge is 2.35. The Kier molecular flexibility index (Phi) is 4.44. The van der Waals surface area contributed by atoms with Crippen LogP contribution in [0, 0.1) is 27.7 Å². The predicted octanol–water partition coefficient (Wildman–Crippen LogP) is 2.93. The van der Waals surface area contributed by atoms with Crippen LogP contribution in [0.4, 0.5) is 0 Å². The van der Waals surface area contributed by atoms with E-state index in [1.165, 1.54) is 16.8 Å². The topological polar surface area (TPSA) is 72.5 Å². The summed E-state index contributed by atoms with van der Waals surface area (Å²) in [6.07, 6.45) is 3.25. The van der Waals surface area contributed by atoms with Gasteiger partial charge in [-0.1, -0.05) is 0 Å². The highest BCUT2D eigenvalue weighted by atomic mass is 32.2. The molecule has 0 bridgehead atoms. The average Bonchev–Trinajstić information content (AvgIpc) is 3.24. The molecule has 3 aromatic heterocycles. The molecule has 0 saturated carbocycles. The van der Waals surface area contributed by atoms with Gasteiger partial charge >= 0.3 is 0 Å². The van der Waals surface area contributed by atoms with Gasteiger partial charge in [-0.15, -0.1) is 11.3 Å². The van der Waals surface area contributed by atoms with Gasteiger partial charge in [0.25, 0.3) is 0 Å². The number of sulfonamides is 1. The molecule has 1 atom stereocenters. The van der Waals surface area contributed by atoms with Crippen LogP contribution < -0.4 is 0 Å². The molecule has 1 aliphatic rings. The Bertz CT molecular complexity index is 1120. The largest absolute Gasteiger partial charge is 0.291 e. The van der Waals surface area contributed by atoms with E-state index < -0.39 is 10.0 Å².